The molecule has 2 aromatic carbocycles. The van der Waals surface area contributed by atoms with Crippen LogP contribution in [-0.4, -0.2) is 18.5 Å². The van der Waals surface area contributed by atoms with Crippen LogP contribution in [0, 0.1) is 5.82 Å². The molecule has 0 aromatic heterocycles. The van der Waals surface area contributed by atoms with Crippen molar-refractivity contribution in [3.63, 3.8) is 0 Å². The highest BCUT2D eigenvalue weighted by Crippen LogP contribution is 2.31. The molecule has 0 bridgehead atoms. The van der Waals surface area contributed by atoms with Gasteiger partial charge in [-0.25, -0.2) is 14.2 Å². The van der Waals surface area contributed by atoms with Gasteiger partial charge in [0.25, 0.3) is 0 Å². The Kier molecular flexibility index (Phi) is 5.91. The Morgan fingerprint density at radius 3 is 2.52 bits per heavy atom. The number of guanidine groups is 1. The molecule has 7 heteroatoms. The first-order valence-corrected chi connectivity index (χ1v) is 9.28. The van der Waals surface area contributed by atoms with E-state index in [0.29, 0.717) is 22.8 Å². The molecule has 3 rings (SSSR count). The molecule has 0 saturated carbocycles. The molecule has 1 aliphatic heterocycles. The van der Waals surface area contributed by atoms with E-state index in [1.165, 1.54) is 12.1 Å². The lowest BCUT2D eigenvalue weighted by Crippen LogP contribution is -2.36. The Morgan fingerprint density at radius 1 is 1.22 bits per heavy atom. The number of halogens is 2. The van der Waals surface area contributed by atoms with Gasteiger partial charge in [-0.1, -0.05) is 28.1 Å². The highest BCUT2D eigenvalue weighted by atomic mass is 79.9. The highest BCUT2D eigenvalue weighted by molar-refractivity contribution is 9.10. The van der Waals surface area contributed by atoms with Crippen molar-refractivity contribution in [1.29, 1.82) is 0 Å². The average molecular weight is 432 g/mol. The molecule has 0 fully saturated rings. The van der Waals surface area contributed by atoms with Crippen LogP contribution >= 0.6 is 15.9 Å². The van der Waals surface area contributed by atoms with Crippen LogP contribution in [0.15, 0.2) is 69.3 Å². The van der Waals surface area contributed by atoms with Gasteiger partial charge in [-0.15, -0.1) is 0 Å². The summed E-state index contributed by atoms with van der Waals surface area (Å²) in [6.07, 6.45) is 0. The third kappa shape index (κ3) is 4.54. The second kappa shape index (κ2) is 8.35. The van der Waals surface area contributed by atoms with Crippen molar-refractivity contribution in [2.75, 3.05) is 11.9 Å². The molecular weight excluding hydrogens is 413 g/mol. The summed E-state index contributed by atoms with van der Waals surface area (Å²) >= 11 is 3.40. The first-order valence-electron chi connectivity index (χ1n) is 8.48. The second-order valence-corrected chi connectivity index (χ2v) is 6.86. The molecule has 2 N–H and O–H groups in total. The van der Waals surface area contributed by atoms with E-state index >= 15 is 0 Å². The zero-order valence-electron chi connectivity index (χ0n) is 14.9. The number of nitrogens with zero attached hydrogens (tertiary/aromatic N) is 1. The van der Waals surface area contributed by atoms with Gasteiger partial charge in [-0.3, -0.25) is 0 Å². The topological polar surface area (TPSA) is 62.7 Å². The number of nitrogens with one attached hydrogen (secondary N) is 2. The number of carbonyl (C=O) groups excluding carboxylic acids is 1. The largest absolute Gasteiger partial charge is 0.463 e. The number of hydrogen-bond donors (Lipinski definition) is 2. The van der Waals surface area contributed by atoms with Crippen LogP contribution in [0.25, 0.3) is 0 Å². The van der Waals surface area contributed by atoms with Crippen molar-refractivity contribution in [2.45, 2.75) is 19.9 Å². The zero-order valence-corrected chi connectivity index (χ0v) is 16.5. The minimum atomic E-state index is -0.594. The third-order valence-electron chi connectivity index (χ3n) is 4.03. The molecular formula is C20H19BrFN3O2. The molecule has 2 aromatic rings. The van der Waals surface area contributed by atoms with Gasteiger partial charge in [0.05, 0.1) is 12.2 Å². The summed E-state index contributed by atoms with van der Waals surface area (Å²) in [4.78, 5) is 17.1. The molecule has 1 heterocycles. The number of ether oxygens (including phenoxy) is 1. The number of aliphatic imine (C=N–C) groups is 1. The van der Waals surface area contributed by atoms with Crippen LogP contribution in [0.5, 0.6) is 0 Å². The van der Waals surface area contributed by atoms with Crippen LogP contribution in [-0.2, 0) is 9.53 Å². The maximum absolute atomic E-state index is 13.3. The Bertz CT molecular complexity index is 892. The molecule has 27 heavy (non-hydrogen) atoms. The third-order valence-corrected chi connectivity index (χ3v) is 4.56. The molecule has 5 nitrogen and oxygen atoms in total. The summed E-state index contributed by atoms with van der Waals surface area (Å²) in [5, 5.41) is 6.31. The summed E-state index contributed by atoms with van der Waals surface area (Å²) in [6, 6.07) is 13.0. The summed E-state index contributed by atoms with van der Waals surface area (Å²) in [5.41, 5.74) is 2.59. The van der Waals surface area contributed by atoms with Crippen LogP contribution < -0.4 is 10.6 Å². The van der Waals surface area contributed by atoms with Crippen molar-refractivity contribution < 1.29 is 13.9 Å². The number of rotatable bonds is 4. The monoisotopic (exact) mass is 431 g/mol. The number of allylic oxidation sites excluding steroid dienone is 1. The number of anilines is 1. The Morgan fingerprint density at radius 2 is 1.89 bits per heavy atom. The Labute approximate surface area is 165 Å². The minimum Gasteiger partial charge on any atom is -0.463 e. The predicted octanol–water partition coefficient (Wildman–Crippen LogP) is 4.54. The smallest absolute Gasteiger partial charge is 0.338 e. The molecule has 1 aliphatic rings. The number of hydrogen-bond acceptors (Lipinski definition) is 5. The van der Waals surface area contributed by atoms with Crippen molar-refractivity contribution in [2.24, 2.45) is 4.99 Å². The summed E-state index contributed by atoms with van der Waals surface area (Å²) in [6.45, 7) is 3.81. The zero-order chi connectivity index (χ0) is 19.4. The summed E-state index contributed by atoms with van der Waals surface area (Å²) in [7, 11) is 0. The molecule has 0 aliphatic carbocycles. The fourth-order valence-electron chi connectivity index (χ4n) is 2.77. The van der Waals surface area contributed by atoms with E-state index in [2.05, 4.69) is 31.6 Å². The van der Waals surface area contributed by atoms with Crippen molar-refractivity contribution in [1.82, 2.24) is 5.32 Å². The average Bonchev–Trinajstić information content (AvgIpc) is 2.64. The lowest BCUT2D eigenvalue weighted by atomic mass is 9.96. The van der Waals surface area contributed by atoms with E-state index < -0.39 is 12.0 Å². The minimum absolute atomic E-state index is 0.263. The molecule has 0 radical (unpaired) electrons. The van der Waals surface area contributed by atoms with Gasteiger partial charge in [-0.2, -0.15) is 0 Å². The SMILES string of the molecule is CCOC(=O)C1=C(C)NC(Nc2ccc(Br)cc2)=NC1c1ccc(F)cc1. The first-order chi connectivity index (χ1) is 13.0. The quantitative estimate of drug-likeness (QED) is 0.697. The number of carbonyl (C=O) groups is 1. The first kappa shape index (κ1) is 19.1. The van der Waals surface area contributed by atoms with E-state index in [0.717, 1.165) is 10.2 Å². The summed E-state index contributed by atoms with van der Waals surface area (Å²) < 4.78 is 19.5. The van der Waals surface area contributed by atoms with E-state index in [4.69, 9.17) is 4.74 Å². The van der Waals surface area contributed by atoms with Crippen LogP contribution in [0.4, 0.5) is 10.1 Å². The lowest BCUT2D eigenvalue weighted by molar-refractivity contribution is -0.138. The van der Waals surface area contributed by atoms with Crippen molar-refractivity contribution in [3.05, 3.63) is 75.7 Å². The van der Waals surface area contributed by atoms with Gasteiger partial charge in [0.1, 0.15) is 11.9 Å². The lowest BCUT2D eigenvalue weighted by Gasteiger charge is -2.26. The van der Waals surface area contributed by atoms with Gasteiger partial charge < -0.3 is 15.4 Å². The van der Waals surface area contributed by atoms with Gasteiger partial charge in [0.2, 0.25) is 5.96 Å². The maximum atomic E-state index is 13.3. The van der Waals surface area contributed by atoms with Gasteiger partial charge in [-0.05, 0) is 55.8 Å². The highest BCUT2D eigenvalue weighted by Gasteiger charge is 2.30. The predicted molar refractivity (Wildman–Crippen MR) is 107 cm³/mol. The van der Waals surface area contributed by atoms with E-state index in [1.54, 1.807) is 26.0 Å². The molecule has 140 valence electrons. The summed E-state index contributed by atoms with van der Waals surface area (Å²) in [5.74, 6) is -0.288. The van der Waals surface area contributed by atoms with Gasteiger partial charge >= 0.3 is 5.97 Å². The molecule has 1 atom stereocenters. The van der Waals surface area contributed by atoms with Crippen molar-refractivity contribution >= 4 is 33.5 Å². The fraction of sp³-hybridized carbons (Fsp3) is 0.200. The van der Waals surface area contributed by atoms with Gasteiger partial charge in [0, 0.05) is 15.9 Å². The van der Waals surface area contributed by atoms with Crippen LogP contribution in [0.1, 0.15) is 25.5 Å². The fourth-order valence-corrected chi connectivity index (χ4v) is 3.03. The van der Waals surface area contributed by atoms with Crippen molar-refractivity contribution in [3.8, 4) is 0 Å². The van der Waals surface area contributed by atoms with E-state index in [9.17, 15) is 9.18 Å². The molecule has 1 unspecified atom stereocenters. The Balaban J connectivity index is 1.95. The van der Waals surface area contributed by atoms with Crippen LogP contribution in [0.3, 0.4) is 0 Å². The maximum Gasteiger partial charge on any atom is 0.338 e. The van der Waals surface area contributed by atoms with E-state index in [1.807, 2.05) is 24.3 Å². The normalized spacial score (nSPS) is 16.4. The second-order valence-electron chi connectivity index (χ2n) is 5.95. The van der Waals surface area contributed by atoms with Gasteiger partial charge in [0.15, 0.2) is 0 Å². The molecule has 0 amide bonds. The molecule has 0 saturated heterocycles. The standard InChI is InChI=1S/C20H19BrFN3O2/c1-3-27-19(26)17-12(2)23-20(24-16-10-6-14(21)7-11-16)25-18(17)13-4-8-15(22)9-5-13/h4-11,18H,3H2,1-2H3,(H2,23,24,25). The van der Waals surface area contributed by atoms with Crippen LogP contribution in [0.2, 0.25) is 0 Å². The Hall–Kier alpha value is -2.67. The number of benzene rings is 2. The van der Waals surface area contributed by atoms with E-state index in [-0.39, 0.29) is 12.4 Å². The molecule has 0 spiro atoms. The number of esters is 1.